The molecule has 1 heterocycles. The zero-order chi connectivity index (χ0) is 17.8. The van der Waals surface area contributed by atoms with Crippen molar-refractivity contribution in [1.29, 1.82) is 0 Å². The van der Waals surface area contributed by atoms with E-state index in [4.69, 9.17) is 9.47 Å². The molecule has 3 rings (SSSR count). The minimum absolute atomic E-state index is 0.218. The van der Waals surface area contributed by atoms with Gasteiger partial charge in [-0.05, 0) is 43.7 Å². The Balaban J connectivity index is 1.74. The minimum atomic E-state index is -0.218. The van der Waals surface area contributed by atoms with Crippen molar-refractivity contribution in [3.05, 3.63) is 53.2 Å². The monoisotopic (exact) mass is 339 g/mol. The number of ether oxygens (including phenoxy) is 2. The lowest BCUT2D eigenvalue weighted by Gasteiger charge is -2.11. The predicted octanol–water partition coefficient (Wildman–Crippen LogP) is 3.21. The fraction of sp³-hybridized carbons (Fsp3) is 0.263. The summed E-state index contributed by atoms with van der Waals surface area (Å²) in [7, 11) is 1.60. The molecule has 0 saturated carbocycles. The van der Waals surface area contributed by atoms with Gasteiger partial charge in [0, 0.05) is 11.9 Å². The Morgan fingerprint density at radius 3 is 2.80 bits per heavy atom. The van der Waals surface area contributed by atoms with Crippen molar-refractivity contribution in [2.75, 3.05) is 13.7 Å². The van der Waals surface area contributed by atoms with Crippen LogP contribution in [0.1, 0.15) is 28.5 Å². The molecule has 0 fully saturated rings. The summed E-state index contributed by atoms with van der Waals surface area (Å²) in [5, 5.41) is 10.7. The maximum absolute atomic E-state index is 12.5. The Kier molecular flexibility index (Phi) is 4.88. The number of aromatic nitrogens is 2. The van der Waals surface area contributed by atoms with Crippen LogP contribution < -0.4 is 14.8 Å². The van der Waals surface area contributed by atoms with E-state index in [-0.39, 0.29) is 5.91 Å². The number of nitrogens with zero attached hydrogens (tertiary/aromatic N) is 1. The molecular formula is C19H21N3O3. The maximum atomic E-state index is 12.5. The highest BCUT2D eigenvalue weighted by molar-refractivity contribution is 6.04. The van der Waals surface area contributed by atoms with Crippen molar-refractivity contribution in [3.63, 3.8) is 0 Å². The molecule has 130 valence electrons. The Morgan fingerprint density at radius 2 is 2.04 bits per heavy atom. The second-order valence-corrected chi connectivity index (χ2v) is 5.72. The third kappa shape index (κ3) is 3.57. The maximum Gasteiger partial charge on any atom is 0.272 e. The molecule has 25 heavy (non-hydrogen) atoms. The van der Waals surface area contributed by atoms with Crippen LogP contribution in [0.5, 0.6) is 11.5 Å². The van der Waals surface area contributed by atoms with E-state index in [1.165, 1.54) is 0 Å². The molecule has 6 heteroatoms. The molecule has 2 aromatic carbocycles. The topological polar surface area (TPSA) is 76.2 Å². The second-order valence-electron chi connectivity index (χ2n) is 5.72. The third-order valence-electron chi connectivity index (χ3n) is 3.91. The van der Waals surface area contributed by atoms with Gasteiger partial charge in [0.1, 0.15) is 0 Å². The first-order chi connectivity index (χ1) is 12.1. The summed E-state index contributed by atoms with van der Waals surface area (Å²) >= 11 is 0. The van der Waals surface area contributed by atoms with Crippen LogP contribution in [-0.4, -0.2) is 29.8 Å². The van der Waals surface area contributed by atoms with Crippen molar-refractivity contribution in [2.24, 2.45) is 0 Å². The van der Waals surface area contributed by atoms with Crippen LogP contribution in [-0.2, 0) is 6.54 Å². The molecule has 0 aliphatic carbocycles. The number of hydrogen-bond acceptors (Lipinski definition) is 4. The number of aromatic amines is 1. The molecule has 0 unspecified atom stereocenters. The summed E-state index contributed by atoms with van der Waals surface area (Å²) in [5.41, 5.74) is 3.25. The van der Waals surface area contributed by atoms with E-state index >= 15 is 0 Å². The Morgan fingerprint density at radius 1 is 1.20 bits per heavy atom. The van der Waals surface area contributed by atoms with Crippen LogP contribution >= 0.6 is 0 Å². The van der Waals surface area contributed by atoms with Gasteiger partial charge in [0.05, 0.1) is 19.2 Å². The highest BCUT2D eigenvalue weighted by Gasteiger charge is 2.14. The molecule has 1 amide bonds. The highest BCUT2D eigenvalue weighted by Crippen LogP contribution is 2.28. The van der Waals surface area contributed by atoms with Gasteiger partial charge < -0.3 is 14.8 Å². The standard InChI is InChI=1S/C19H21N3O3/c1-4-25-16-8-6-13(10-17(16)24-3)11-20-19(23)18-14-9-12(2)5-7-15(14)21-22-18/h5-10H,4,11H2,1-3H3,(H,20,23)(H,21,22). The van der Waals surface area contributed by atoms with Gasteiger partial charge in [0.2, 0.25) is 0 Å². The molecule has 3 aromatic rings. The van der Waals surface area contributed by atoms with Crippen molar-refractivity contribution in [1.82, 2.24) is 15.5 Å². The van der Waals surface area contributed by atoms with Crippen LogP contribution in [0.3, 0.4) is 0 Å². The molecule has 6 nitrogen and oxygen atoms in total. The lowest BCUT2D eigenvalue weighted by molar-refractivity contribution is 0.0947. The minimum Gasteiger partial charge on any atom is -0.493 e. The summed E-state index contributed by atoms with van der Waals surface area (Å²) in [6.45, 7) is 4.85. The van der Waals surface area contributed by atoms with E-state index in [9.17, 15) is 4.79 Å². The first kappa shape index (κ1) is 16.8. The molecule has 0 saturated heterocycles. The Hall–Kier alpha value is -3.02. The Bertz CT molecular complexity index is 902. The average Bonchev–Trinajstić information content (AvgIpc) is 3.03. The van der Waals surface area contributed by atoms with E-state index in [0.29, 0.717) is 30.3 Å². The summed E-state index contributed by atoms with van der Waals surface area (Å²) in [4.78, 5) is 12.5. The zero-order valence-corrected chi connectivity index (χ0v) is 14.6. The third-order valence-corrected chi connectivity index (χ3v) is 3.91. The number of methoxy groups -OCH3 is 1. The number of carbonyl (C=O) groups is 1. The van der Waals surface area contributed by atoms with Crippen molar-refractivity contribution in [2.45, 2.75) is 20.4 Å². The SMILES string of the molecule is CCOc1ccc(CNC(=O)c2n[nH]c3ccc(C)cc23)cc1OC. The van der Waals surface area contributed by atoms with Gasteiger partial charge in [-0.3, -0.25) is 9.89 Å². The Labute approximate surface area is 146 Å². The van der Waals surface area contributed by atoms with Crippen LogP contribution in [0.25, 0.3) is 10.9 Å². The van der Waals surface area contributed by atoms with Crippen molar-refractivity contribution >= 4 is 16.8 Å². The molecule has 0 atom stereocenters. The smallest absolute Gasteiger partial charge is 0.272 e. The number of rotatable bonds is 6. The lowest BCUT2D eigenvalue weighted by Crippen LogP contribution is -2.23. The normalized spacial score (nSPS) is 10.7. The first-order valence-corrected chi connectivity index (χ1v) is 8.15. The van der Waals surface area contributed by atoms with Gasteiger partial charge >= 0.3 is 0 Å². The number of nitrogens with one attached hydrogen (secondary N) is 2. The average molecular weight is 339 g/mol. The molecule has 0 aliphatic rings. The second kappa shape index (κ2) is 7.25. The summed E-state index contributed by atoms with van der Waals surface area (Å²) < 4.78 is 10.8. The van der Waals surface area contributed by atoms with Gasteiger partial charge in [-0.2, -0.15) is 5.10 Å². The molecule has 0 spiro atoms. The number of H-pyrrole nitrogens is 1. The quantitative estimate of drug-likeness (QED) is 0.723. The van der Waals surface area contributed by atoms with E-state index in [2.05, 4.69) is 15.5 Å². The number of amides is 1. The van der Waals surface area contributed by atoms with E-state index < -0.39 is 0 Å². The number of carbonyl (C=O) groups excluding carboxylic acids is 1. The molecule has 0 radical (unpaired) electrons. The van der Waals surface area contributed by atoms with Crippen LogP contribution in [0.2, 0.25) is 0 Å². The summed E-state index contributed by atoms with van der Waals surface area (Å²) in [6, 6.07) is 11.5. The number of aryl methyl sites for hydroxylation is 1. The fourth-order valence-corrected chi connectivity index (χ4v) is 2.66. The molecular weight excluding hydrogens is 318 g/mol. The summed E-state index contributed by atoms with van der Waals surface area (Å²) in [5.74, 6) is 1.12. The number of hydrogen-bond donors (Lipinski definition) is 2. The van der Waals surface area contributed by atoms with Crippen LogP contribution in [0.4, 0.5) is 0 Å². The fourth-order valence-electron chi connectivity index (χ4n) is 2.66. The molecule has 0 aliphatic heterocycles. The van der Waals surface area contributed by atoms with Crippen LogP contribution in [0.15, 0.2) is 36.4 Å². The predicted molar refractivity (Wildman–Crippen MR) is 96.2 cm³/mol. The van der Waals surface area contributed by atoms with E-state index in [0.717, 1.165) is 22.0 Å². The first-order valence-electron chi connectivity index (χ1n) is 8.15. The van der Waals surface area contributed by atoms with Gasteiger partial charge in [0.25, 0.3) is 5.91 Å². The van der Waals surface area contributed by atoms with Crippen LogP contribution in [0, 0.1) is 6.92 Å². The molecule has 0 bridgehead atoms. The van der Waals surface area contributed by atoms with Gasteiger partial charge in [-0.1, -0.05) is 17.7 Å². The molecule has 1 aromatic heterocycles. The van der Waals surface area contributed by atoms with E-state index in [1.807, 2.05) is 50.2 Å². The van der Waals surface area contributed by atoms with Crippen molar-refractivity contribution in [3.8, 4) is 11.5 Å². The lowest BCUT2D eigenvalue weighted by atomic mass is 10.1. The van der Waals surface area contributed by atoms with Gasteiger partial charge in [-0.25, -0.2) is 0 Å². The zero-order valence-electron chi connectivity index (χ0n) is 14.6. The largest absolute Gasteiger partial charge is 0.493 e. The number of fused-ring (bicyclic) bond motifs is 1. The highest BCUT2D eigenvalue weighted by atomic mass is 16.5. The van der Waals surface area contributed by atoms with Crippen molar-refractivity contribution < 1.29 is 14.3 Å². The van der Waals surface area contributed by atoms with Gasteiger partial charge in [-0.15, -0.1) is 0 Å². The van der Waals surface area contributed by atoms with E-state index in [1.54, 1.807) is 7.11 Å². The summed E-state index contributed by atoms with van der Waals surface area (Å²) in [6.07, 6.45) is 0. The van der Waals surface area contributed by atoms with Gasteiger partial charge in [0.15, 0.2) is 17.2 Å². The number of benzene rings is 2. The molecule has 2 N–H and O–H groups in total.